The van der Waals surface area contributed by atoms with Gasteiger partial charge in [-0.05, 0) is 43.2 Å². The Morgan fingerprint density at radius 1 is 1.14 bits per heavy atom. The number of furan rings is 1. The van der Waals surface area contributed by atoms with Crippen LogP contribution >= 0.6 is 0 Å². The molecule has 0 aliphatic carbocycles. The summed E-state index contributed by atoms with van der Waals surface area (Å²) in [6.45, 7) is 4.88. The predicted octanol–water partition coefficient (Wildman–Crippen LogP) is 5.00. The molecule has 2 aromatic heterocycles. The average Bonchev–Trinajstić information content (AvgIpc) is 3.21. The van der Waals surface area contributed by atoms with Crippen LogP contribution in [0.1, 0.15) is 38.0 Å². The molecule has 0 aliphatic heterocycles. The molecule has 0 radical (unpaired) electrons. The van der Waals surface area contributed by atoms with E-state index < -0.39 is 0 Å². The van der Waals surface area contributed by atoms with Crippen LogP contribution in [0.5, 0.6) is 0 Å². The predicted molar refractivity (Wildman–Crippen MR) is 113 cm³/mol. The number of aromatic nitrogens is 1. The van der Waals surface area contributed by atoms with Gasteiger partial charge in [0.25, 0.3) is 0 Å². The third-order valence-electron chi connectivity index (χ3n) is 5.19. The Morgan fingerprint density at radius 3 is 2.52 bits per heavy atom. The first-order chi connectivity index (χ1) is 13.9. The summed E-state index contributed by atoms with van der Waals surface area (Å²) < 4.78 is 19.1. The van der Waals surface area contributed by atoms with Crippen molar-refractivity contribution in [3.63, 3.8) is 0 Å². The van der Waals surface area contributed by atoms with Gasteiger partial charge >= 0.3 is 0 Å². The highest BCUT2D eigenvalue weighted by Crippen LogP contribution is 2.26. The lowest BCUT2D eigenvalue weighted by atomic mass is 10.0. The van der Waals surface area contributed by atoms with Gasteiger partial charge in [0.15, 0.2) is 0 Å². The van der Waals surface area contributed by atoms with Crippen LogP contribution < -0.4 is 4.90 Å². The first-order valence-electron chi connectivity index (χ1n) is 10.0. The van der Waals surface area contributed by atoms with E-state index in [9.17, 15) is 9.18 Å². The van der Waals surface area contributed by atoms with Crippen molar-refractivity contribution in [1.82, 2.24) is 9.88 Å². The molecule has 29 heavy (non-hydrogen) atoms. The molecule has 3 aromatic rings. The Kier molecular flexibility index (Phi) is 6.52. The Hall–Kier alpha value is -2.89. The molecule has 0 unspecified atom stereocenters. The second kappa shape index (κ2) is 9.07. The summed E-state index contributed by atoms with van der Waals surface area (Å²) in [6.07, 6.45) is 3.20. The minimum absolute atomic E-state index is 0.0321. The van der Waals surface area contributed by atoms with Gasteiger partial charge < -0.3 is 14.2 Å². The fourth-order valence-electron chi connectivity index (χ4n) is 3.58. The molecule has 3 rings (SSSR count). The van der Waals surface area contributed by atoms with Crippen LogP contribution in [0.4, 0.5) is 10.2 Å². The molecule has 0 atom stereocenters. The zero-order chi connectivity index (χ0) is 21.0. The lowest BCUT2D eigenvalue weighted by Crippen LogP contribution is -2.35. The topological polar surface area (TPSA) is 49.6 Å². The van der Waals surface area contributed by atoms with Gasteiger partial charge in [0.05, 0.1) is 18.3 Å². The molecular weight excluding hydrogens is 369 g/mol. The summed E-state index contributed by atoms with van der Waals surface area (Å²) in [7, 11) is 3.80. The first-order valence-corrected chi connectivity index (χ1v) is 10.0. The summed E-state index contributed by atoms with van der Waals surface area (Å²) in [5.74, 6) is 1.23. The second-order valence-corrected chi connectivity index (χ2v) is 7.49. The van der Waals surface area contributed by atoms with E-state index in [1.807, 2.05) is 55.9 Å². The van der Waals surface area contributed by atoms with E-state index in [-0.39, 0.29) is 17.6 Å². The molecule has 0 aliphatic rings. The van der Waals surface area contributed by atoms with Crippen molar-refractivity contribution < 1.29 is 13.6 Å². The molecule has 6 heteroatoms. The van der Waals surface area contributed by atoms with E-state index in [0.29, 0.717) is 18.6 Å². The largest absolute Gasteiger partial charge is 0.467 e. The number of carbonyl (C=O) groups is 1. The van der Waals surface area contributed by atoms with E-state index >= 15 is 0 Å². The molecule has 1 aromatic carbocycles. The van der Waals surface area contributed by atoms with Gasteiger partial charge in [0, 0.05) is 43.6 Å². The van der Waals surface area contributed by atoms with Crippen molar-refractivity contribution >= 4 is 22.6 Å². The van der Waals surface area contributed by atoms with Gasteiger partial charge in [-0.15, -0.1) is 0 Å². The van der Waals surface area contributed by atoms with Crippen LogP contribution in [-0.2, 0) is 17.9 Å². The molecule has 0 bridgehead atoms. The maximum absolute atomic E-state index is 13.6. The number of rotatable bonds is 8. The highest BCUT2D eigenvalue weighted by molar-refractivity contribution is 5.83. The number of carbonyl (C=O) groups excluding carboxylic acids is 1. The molecule has 0 spiro atoms. The molecule has 5 nitrogen and oxygen atoms in total. The molecule has 1 amide bonds. The van der Waals surface area contributed by atoms with E-state index in [4.69, 9.17) is 4.42 Å². The summed E-state index contributed by atoms with van der Waals surface area (Å²) in [4.78, 5) is 21.6. The van der Waals surface area contributed by atoms with Crippen LogP contribution in [0.25, 0.3) is 10.9 Å². The first kappa shape index (κ1) is 20.8. The smallest absolute Gasteiger partial charge is 0.226 e. The van der Waals surface area contributed by atoms with Crippen LogP contribution in [0.15, 0.2) is 47.1 Å². The van der Waals surface area contributed by atoms with Gasteiger partial charge in [-0.3, -0.25) is 4.79 Å². The van der Waals surface area contributed by atoms with Crippen molar-refractivity contribution in [1.29, 1.82) is 0 Å². The number of amides is 1. The molecule has 0 saturated carbocycles. The van der Waals surface area contributed by atoms with Gasteiger partial charge in [-0.2, -0.15) is 0 Å². The highest BCUT2D eigenvalue weighted by Gasteiger charge is 2.24. The van der Waals surface area contributed by atoms with Crippen molar-refractivity contribution in [2.75, 3.05) is 19.0 Å². The summed E-state index contributed by atoms with van der Waals surface area (Å²) in [5.41, 5.74) is 1.52. The summed E-state index contributed by atoms with van der Waals surface area (Å²) in [5, 5.41) is 0.847. The molecule has 0 fully saturated rings. The standard InChI is InChI=1S/C23H28FN3O2/c1-5-16(6-2)23(28)27(15-20-8-7-11-29-20)14-18-12-17-9-10-19(24)13-21(17)25-22(18)26(3)4/h7-13,16H,5-6,14-15H2,1-4H3. The fraction of sp³-hybridized carbons (Fsp3) is 0.391. The zero-order valence-electron chi connectivity index (χ0n) is 17.5. The Bertz CT molecular complexity index is 966. The maximum Gasteiger partial charge on any atom is 0.226 e. The third-order valence-corrected chi connectivity index (χ3v) is 5.19. The number of hydrogen-bond acceptors (Lipinski definition) is 4. The number of nitrogens with zero attached hydrogens (tertiary/aromatic N) is 3. The quantitative estimate of drug-likeness (QED) is 0.537. The van der Waals surface area contributed by atoms with E-state index in [0.717, 1.165) is 35.4 Å². The van der Waals surface area contributed by atoms with Crippen molar-refractivity contribution in [3.8, 4) is 0 Å². The maximum atomic E-state index is 13.6. The average molecular weight is 397 g/mol. The van der Waals surface area contributed by atoms with Crippen LogP contribution in [0.2, 0.25) is 0 Å². The molecule has 154 valence electrons. The van der Waals surface area contributed by atoms with E-state index in [1.165, 1.54) is 12.1 Å². The zero-order valence-corrected chi connectivity index (χ0v) is 17.5. The number of pyridine rings is 1. The fourth-order valence-corrected chi connectivity index (χ4v) is 3.58. The molecule has 0 saturated heterocycles. The van der Waals surface area contributed by atoms with Crippen LogP contribution in [0.3, 0.4) is 0 Å². The van der Waals surface area contributed by atoms with E-state index in [2.05, 4.69) is 4.98 Å². The number of benzene rings is 1. The van der Waals surface area contributed by atoms with Crippen molar-refractivity contribution in [2.45, 2.75) is 39.8 Å². The third kappa shape index (κ3) is 4.75. The SMILES string of the molecule is CCC(CC)C(=O)N(Cc1ccco1)Cc1cc2ccc(F)cc2nc1N(C)C. The number of hydrogen-bond donors (Lipinski definition) is 0. The molecular formula is C23H28FN3O2. The van der Waals surface area contributed by atoms with Gasteiger partial charge in [-0.25, -0.2) is 9.37 Å². The van der Waals surface area contributed by atoms with Gasteiger partial charge in [0.1, 0.15) is 17.4 Å². The number of anilines is 1. The lowest BCUT2D eigenvalue weighted by Gasteiger charge is -2.28. The second-order valence-electron chi connectivity index (χ2n) is 7.49. The summed E-state index contributed by atoms with van der Waals surface area (Å²) in [6, 6.07) is 10.3. The Morgan fingerprint density at radius 2 is 1.90 bits per heavy atom. The summed E-state index contributed by atoms with van der Waals surface area (Å²) >= 11 is 0. The molecule has 0 N–H and O–H groups in total. The van der Waals surface area contributed by atoms with Gasteiger partial charge in [0.2, 0.25) is 5.91 Å². The van der Waals surface area contributed by atoms with Gasteiger partial charge in [-0.1, -0.05) is 13.8 Å². The number of halogens is 1. The van der Waals surface area contributed by atoms with Crippen molar-refractivity contribution in [2.24, 2.45) is 5.92 Å². The molecule has 2 heterocycles. The Labute approximate surface area is 171 Å². The lowest BCUT2D eigenvalue weighted by molar-refractivity contribution is -0.137. The normalized spacial score (nSPS) is 11.2. The number of fused-ring (bicyclic) bond motifs is 1. The minimum Gasteiger partial charge on any atom is -0.467 e. The van der Waals surface area contributed by atoms with Crippen LogP contribution in [0, 0.1) is 11.7 Å². The van der Waals surface area contributed by atoms with Crippen LogP contribution in [-0.4, -0.2) is 29.9 Å². The van der Waals surface area contributed by atoms with Crippen molar-refractivity contribution in [3.05, 3.63) is 59.8 Å². The monoisotopic (exact) mass is 397 g/mol. The highest BCUT2D eigenvalue weighted by atomic mass is 19.1. The minimum atomic E-state index is -0.314. The Balaban J connectivity index is 2.01. The van der Waals surface area contributed by atoms with E-state index in [1.54, 1.807) is 12.3 Å².